The molecule has 4 heterocycles. The van der Waals surface area contributed by atoms with Gasteiger partial charge in [-0.15, -0.1) is 10.2 Å². The highest BCUT2D eigenvalue weighted by atomic mass is 19.4. The lowest BCUT2D eigenvalue weighted by molar-refractivity contribution is -0.0885. The highest BCUT2D eigenvalue weighted by molar-refractivity contribution is 6.03. The molecule has 0 aliphatic rings. The summed E-state index contributed by atoms with van der Waals surface area (Å²) in [5, 5.41) is 14.1. The lowest BCUT2D eigenvalue weighted by Crippen LogP contribution is -2.29. The number of H-pyrrole nitrogens is 1. The molecule has 42 heavy (non-hydrogen) atoms. The molecular weight excluding hydrogens is 549 g/mol. The Labute approximate surface area is 238 Å². The highest BCUT2D eigenvalue weighted by Crippen LogP contribution is 2.29. The predicted molar refractivity (Wildman–Crippen MR) is 149 cm³/mol. The van der Waals surface area contributed by atoms with Crippen molar-refractivity contribution < 1.29 is 18.0 Å². The second-order valence-electron chi connectivity index (χ2n) is 10.2. The van der Waals surface area contributed by atoms with Crippen LogP contribution in [-0.2, 0) is 13.0 Å². The number of rotatable bonds is 10. The van der Waals surface area contributed by atoms with Gasteiger partial charge in [-0.25, -0.2) is 4.79 Å². The van der Waals surface area contributed by atoms with Crippen molar-refractivity contribution in [3.8, 4) is 28.3 Å². The van der Waals surface area contributed by atoms with Crippen LogP contribution in [0.1, 0.15) is 61.4 Å². The summed E-state index contributed by atoms with van der Waals surface area (Å²) in [4.78, 5) is 30.7. The van der Waals surface area contributed by atoms with Crippen LogP contribution >= 0.6 is 0 Å². The first-order chi connectivity index (χ1) is 20.1. The van der Waals surface area contributed by atoms with Crippen LogP contribution in [0.3, 0.4) is 0 Å². The summed E-state index contributed by atoms with van der Waals surface area (Å²) in [5.74, 6) is -1.65. The number of unbranched alkanes of at least 4 members (excludes halogenated alkanes) is 1. The molecule has 0 aliphatic heterocycles. The van der Waals surface area contributed by atoms with E-state index in [9.17, 15) is 22.8 Å². The second kappa shape index (κ2) is 11.6. The third-order valence-corrected chi connectivity index (χ3v) is 6.96. The molecule has 1 aromatic carbocycles. The number of carbonyl (C=O) groups is 1. The van der Waals surface area contributed by atoms with Crippen molar-refractivity contribution in [2.24, 2.45) is 0 Å². The maximum absolute atomic E-state index is 13.9. The monoisotopic (exact) mass is 578 g/mol. The van der Waals surface area contributed by atoms with Crippen molar-refractivity contribution in [3.05, 3.63) is 88.5 Å². The van der Waals surface area contributed by atoms with Gasteiger partial charge in [-0.2, -0.15) is 18.4 Å². The standard InChI is InChI=1S/C29H29F3N8O2/c1-4-5-9-23-17-40(27-24(25(41)29(30,31)32)11-13-38(27)18(2)3)28(42)39(23)16-22-15-20(10-12-33-22)19-7-6-8-21(14-19)26-34-36-37-35-26/h6-8,10-15,17-18H,4-5,9,16H2,1-3H3,(H,34,35,36,37). The van der Waals surface area contributed by atoms with Crippen molar-refractivity contribution in [1.82, 2.24) is 39.3 Å². The van der Waals surface area contributed by atoms with Crippen LogP contribution in [0.4, 0.5) is 13.2 Å². The zero-order chi connectivity index (χ0) is 30.0. The van der Waals surface area contributed by atoms with Crippen molar-refractivity contribution in [2.45, 2.75) is 58.8 Å². The van der Waals surface area contributed by atoms with Crippen LogP contribution in [-0.4, -0.2) is 51.3 Å². The van der Waals surface area contributed by atoms with Crippen LogP contribution in [0.2, 0.25) is 0 Å². The zero-order valence-electron chi connectivity index (χ0n) is 23.3. The SMILES string of the molecule is CCCCc1cn(-c2c(C(=O)C(F)(F)F)ccn2C(C)C)c(=O)n1Cc1cc(-c2cccc(-c3nn[nH]n3)c2)ccn1. The second-order valence-corrected chi connectivity index (χ2v) is 10.2. The van der Waals surface area contributed by atoms with Gasteiger partial charge in [0, 0.05) is 35.9 Å². The van der Waals surface area contributed by atoms with E-state index in [0.717, 1.165) is 40.2 Å². The molecule has 0 unspecified atom stereocenters. The molecule has 0 spiro atoms. The smallest absolute Gasteiger partial charge is 0.331 e. The van der Waals surface area contributed by atoms with Crippen LogP contribution in [0, 0.1) is 0 Å². The average Bonchev–Trinajstić information content (AvgIpc) is 3.72. The van der Waals surface area contributed by atoms with Gasteiger partial charge in [0.2, 0.25) is 5.82 Å². The summed E-state index contributed by atoms with van der Waals surface area (Å²) < 4.78 is 44.6. The quantitative estimate of drug-likeness (QED) is 0.222. The van der Waals surface area contributed by atoms with E-state index < -0.39 is 23.2 Å². The predicted octanol–water partition coefficient (Wildman–Crippen LogP) is 5.40. The molecule has 0 radical (unpaired) electrons. The van der Waals surface area contributed by atoms with E-state index >= 15 is 0 Å². The number of pyridine rings is 1. The third-order valence-electron chi connectivity index (χ3n) is 6.96. The number of Topliss-reactive ketones (excluding diaryl/α,β-unsaturated/α-hetero) is 1. The van der Waals surface area contributed by atoms with Gasteiger partial charge in [-0.1, -0.05) is 31.5 Å². The minimum atomic E-state index is -5.08. The Morgan fingerprint density at radius 1 is 1.07 bits per heavy atom. The summed E-state index contributed by atoms with van der Waals surface area (Å²) in [6.45, 7) is 5.65. The van der Waals surface area contributed by atoms with Gasteiger partial charge < -0.3 is 4.57 Å². The van der Waals surface area contributed by atoms with Crippen molar-refractivity contribution >= 4 is 5.78 Å². The molecule has 5 aromatic rings. The van der Waals surface area contributed by atoms with Gasteiger partial charge in [0.05, 0.1) is 17.8 Å². The molecule has 0 atom stereocenters. The zero-order valence-corrected chi connectivity index (χ0v) is 23.3. The number of aryl methyl sites for hydroxylation is 1. The summed E-state index contributed by atoms with van der Waals surface area (Å²) in [6.07, 6.45) is 1.64. The molecule has 0 bridgehead atoms. The van der Waals surface area contributed by atoms with Gasteiger partial charge in [0.1, 0.15) is 5.82 Å². The molecule has 0 saturated heterocycles. The molecule has 218 valence electrons. The maximum Gasteiger partial charge on any atom is 0.455 e. The molecule has 1 N–H and O–H groups in total. The van der Waals surface area contributed by atoms with E-state index in [0.29, 0.717) is 23.6 Å². The number of nitrogens with one attached hydrogen (secondary N) is 1. The van der Waals surface area contributed by atoms with Crippen molar-refractivity contribution in [1.29, 1.82) is 0 Å². The first-order valence-corrected chi connectivity index (χ1v) is 13.5. The van der Waals surface area contributed by atoms with Crippen LogP contribution < -0.4 is 5.69 Å². The van der Waals surface area contributed by atoms with E-state index in [1.807, 2.05) is 43.3 Å². The molecule has 0 fully saturated rings. The van der Waals surface area contributed by atoms with Crippen molar-refractivity contribution in [2.75, 3.05) is 0 Å². The van der Waals surface area contributed by atoms with E-state index in [1.165, 1.54) is 21.5 Å². The number of aromatic amines is 1. The molecule has 0 aliphatic carbocycles. The molecule has 5 rings (SSSR count). The molecule has 10 nitrogen and oxygen atoms in total. The van der Waals surface area contributed by atoms with Gasteiger partial charge in [0.15, 0.2) is 0 Å². The third kappa shape index (κ3) is 5.67. The summed E-state index contributed by atoms with van der Waals surface area (Å²) in [6, 6.07) is 12.1. The molecular formula is C29H29F3N8O2. The number of aromatic nitrogens is 8. The Morgan fingerprint density at radius 2 is 1.83 bits per heavy atom. The Morgan fingerprint density at radius 3 is 2.52 bits per heavy atom. The summed E-state index contributed by atoms with van der Waals surface area (Å²) >= 11 is 0. The molecule has 0 amide bonds. The largest absolute Gasteiger partial charge is 0.455 e. The number of ketones is 1. The number of halogens is 3. The number of alkyl halides is 3. The fraction of sp³-hybridized carbons (Fsp3) is 0.310. The van der Waals surface area contributed by atoms with Crippen LogP contribution in [0.25, 0.3) is 28.3 Å². The lowest BCUT2D eigenvalue weighted by atomic mass is 10.0. The number of imidazole rings is 1. The Balaban J connectivity index is 1.57. The number of nitrogens with zero attached hydrogens (tertiary/aromatic N) is 7. The number of carbonyl (C=O) groups excluding carboxylic acids is 1. The van der Waals surface area contributed by atoms with E-state index in [-0.39, 0.29) is 18.4 Å². The highest BCUT2D eigenvalue weighted by Gasteiger charge is 2.42. The normalized spacial score (nSPS) is 11.9. The fourth-order valence-corrected chi connectivity index (χ4v) is 4.87. The van der Waals surface area contributed by atoms with Crippen molar-refractivity contribution in [3.63, 3.8) is 0 Å². The fourth-order valence-electron chi connectivity index (χ4n) is 4.87. The van der Waals surface area contributed by atoms with E-state index in [4.69, 9.17) is 0 Å². The Bertz CT molecular complexity index is 1760. The lowest BCUT2D eigenvalue weighted by Gasteiger charge is -2.15. The summed E-state index contributed by atoms with van der Waals surface area (Å²) in [7, 11) is 0. The first-order valence-electron chi connectivity index (χ1n) is 13.5. The van der Waals surface area contributed by atoms with Gasteiger partial charge in [-0.3, -0.25) is 18.9 Å². The van der Waals surface area contributed by atoms with Gasteiger partial charge >= 0.3 is 11.9 Å². The average molecular weight is 579 g/mol. The van der Waals surface area contributed by atoms with Gasteiger partial charge in [-0.05, 0) is 67.3 Å². The number of hydrogen-bond donors (Lipinski definition) is 1. The van der Waals surface area contributed by atoms with E-state index in [1.54, 1.807) is 20.0 Å². The maximum atomic E-state index is 13.9. The molecule has 4 aromatic heterocycles. The molecule has 13 heteroatoms. The minimum absolute atomic E-state index is 0.0915. The van der Waals surface area contributed by atoms with Crippen LogP contribution in [0.15, 0.2) is 65.8 Å². The minimum Gasteiger partial charge on any atom is -0.331 e. The van der Waals surface area contributed by atoms with E-state index in [2.05, 4.69) is 25.6 Å². The van der Waals surface area contributed by atoms with Gasteiger partial charge in [0.25, 0.3) is 5.78 Å². The molecule has 0 saturated carbocycles. The number of hydrogen-bond acceptors (Lipinski definition) is 6. The van der Waals surface area contributed by atoms with Crippen LogP contribution in [0.5, 0.6) is 0 Å². The Kier molecular flexibility index (Phi) is 7.92. The number of benzene rings is 1. The number of tetrazole rings is 1. The first kappa shape index (κ1) is 28.7. The Hall–Kier alpha value is -4.81. The summed E-state index contributed by atoms with van der Waals surface area (Å²) in [5.41, 5.74) is 2.59. The topological polar surface area (TPSA) is 116 Å².